The number of fused-ring (bicyclic) bond motifs is 1. The molecule has 0 saturated carbocycles. The van der Waals surface area contributed by atoms with E-state index < -0.39 is 17.5 Å². The summed E-state index contributed by atoms with van der Waals surface area (Å²) in [5, 5.41) is 3.68. The first-order valence-corrected chi connectivity index (χ1v) is 8.44. The Morgan fingerprint density at radius 1 is 1.18 bits per heavy atom. The Bertz CT molecular complexity index is 833. The summed E-state index contributed by atoms with van der Waals surface area (Å²) in [7, 11) is 0. The van der Waals surface area contributed by atoms with Crippen molar-refractivity contribution in [1.29, 1.82) is 0 Å². The summed E-state index contributed by atoms with van der Waals surface area (Å²) in [6, 6.07) is 8.27. The molecule has 22 heavy (non-hydrogen) atoms. The molecule has 1 N–H and O–H groups in total. The minimum atomic E-state index is -1.22. The molecule has 0 unspecified atom stereocenters. The summed E-state index contributed by atoms with van der Waals surface area (Å²) in [6.45, 7) is 0.317. The number of benzene rings is 2. The molecule has 0 saturated heterocycles. The van der Waals surface area contributed by atoms with Gasteiger partial charge in [0.15, 0.2) is 11.6 Å². The number of rotatable bonds is 4. The summed E-state index contributed by atoms with van der Waals surface area (Å²) < 4.78 is 40.6. The fourth-order valence-electron chi connectivity index (χ4n) is 2.07. The number of nitrogens with zero attached hydrogens (tertiary/aromatic N) is 1. The molecule has 0 aliphatic heterocycles. The minimum Gasteiger partial charge on any atom is -0.378 e. The first-order valence-electron chi connectivity index (χ1n) is 6.40. The first kappa shape index (κ1) is 15.2. The van der Waals surface area contributed by atoms with Crippen molar-refractivity contribution in [1.82, 2.24) is 4.98 Å². The molecule has 2 nitrogen and oxygen atoms in total. The molecule has 0 atom stereocenters. The molecule has 1 aromatic heterocycles. The maximum absolute atomic E-state index is 13.7. The predicted octanol–water partition coefficient (Wildman–Crippen LogP) is 5.05. The summed E-state index contributed by atoms with van der Waals surface area (Å²) in [5.74, 6) is -3.12. The number of anilines is 1. The fourth-order valence-corrected chi connectivity index (χ4v) is 3.55. The molecule has 1 heterocycles. The molecule has 3 aromatic rings. The SMILES string of the molecule is CSc1ccccc1NCc1nc2c(F)c(F)cc(F)c2s1. The lowest BCUT2D eigenvalue weighted by molar-refractivity contribution is 0.504. The molecule has 2 aromatic carbocycles. The van der Waals surface area contributed by atoms with Crippen molar-refractivity contribution < 1.29 is 13.2 Å². The lowest BCUT2D eigenvalue weighted by Gasteiger charge is -2.08. The highest BCUT2D eigenvalue weighted by Crippen LogP contribution is 2.30. The van der Waals surface area contributed by atoms with Gasteiger partial charge in [0.2, 0.25) is 0 Å². The number of hydrogen-bond acceptors (Lipinski definition) is 4. The smallest absolute Gasteiger partial charge is 0.186 e. The van der Waals surface area contributed by atoms with Gasteiger partial charge in [0.1, 0.15) is 16.3 Å². The van der Waals surface area contributed by atoms with Gasteiger partial charge in [0.05, 0.1) is 11.2 Å². The van der Waals surface area contributed by atoms with Crippen LogP contribution in [-0.2, 0) is 6.54 Å². The highest BCUT2D eigenvalue weighted by molar-refractivity contribution is 7.98. The minimum absolute atomic E-state index is 0.0360. The second kappa shape index (κ2) is 6.18. The summed E-state index contributed by atoms with van der Waals surface area (Å²) in [5.41, 5.74) is 0.666. The van der Waals surface area contributed by atoms with Crippen molar-refractivity contribution in [2.45, 2.75) is 11.4 Å². The molecule has 3 rings (SSSR count). The zero-order valence-corrected chi connectivity index (χ0v) is 13.1. The van der Waals surface area contributed by atoms with Crippen molar-refractivity contribution in [2.24, 2.45) is 0 Å². The van der Waals surface area contributed by atoms with Crippen LogP contribution in [0.25, 0.3) is 10.2 Å². The van der Waals surface area contributed by atoms with Gasteiger partial charge in [-0.2, -0.15) is 0 Å². The summed E-state index contributed by atoms with van der Waals surface area (Å²) in [4.78, 5) is 5.06. The van der Waals surface area contributed by atoms with Crippen molar-refractivity contribution in [2.75, 3.05) is 11.6 Å². The Morgan fingerprint density at radius 2 is 1.95 bits per heavy atom. The maximum Gasteiger partial charge on any atom is 0.186 e. The van der Waals surface area contributed by atoms with Gasteiger partial charge >= 0.3 is 0 Å². The zero-order valence-electron chi connectivity index (χ0n) is 11.5. The highest BCUT2D eigenvalue weighted by atomic mass is 32.2. The second-order valence-electron chi connectivity index (χ2n) is 4.49. The number of para-hydroxylation sites is 1. The van der Waals surface area contributed by atoms with Gasteiger partial charge in [-0.25, -0.2) is 18.2 Å². The van der Waals surface area contributed by atoms with Crippen LogP contribution in [0.5, 0.6) is 0 Å². The molecule has 0 aliphatic rings. The molecular formula is C15H11F3N2S2. The van der Waals surface area contributed by atoms with Crippen LogP contribution < -0.4 is 5.32 Å². The van der Waals surface area contributed by atoms with E-state index in [0.29, 0.717) is 17.6 Å². The molecule has 0 fully saturated rings. The molecule has 0 amide bonds. The summed E-state index contributed by atoms with van der Waals surface area (Å²) >= 11 is 2.61. The summed E-state index contributed by atoms with van der Waals surface area (Å²) in [6.07, 6.45) is 1.96. The monoisotopic (exact) mass is 340 g/mol. The second-order valence-corrected chi connectivity index (χ2v) is 6.43. The van der Waals surface area contributed by atoms with E-state index in [2.05, 4.69) is 10.3 Å². The van der Waals surface area contributed by atoms with Crippen LogP contribution in [0.2, 0.25) is 0 Å². The largest absolute Gasteiger partial charge is 0.378 e. The van der Waals surface area contributed by atoms with Gasteiger partial charge in [0.25, 0.3) is 0 Å². The van der Waals surface area contributed by atoms with Crippen LogP contribution in [0.15, 0.2) is 35.2 Å². The Balaban J connectivity index is 1.89. The third-order valence-corrected chi connectivity index (χ3v) is 4.96. The van der Waals surface area contributed by atoms with Gasteiger partial charge < -0.3 is 5.32 Å². The highest BCUT2D eigenvalue weighted by Gasteiger charge is 2.17. The van der Waals surface area contributed by atoms with E-state index in [0.717, 1.165) is 21.9 Å². The Labute approximate surface area is 133 Å². The Hall–Kier alpha value is -1.73. The van der Waals surface area contributed by atoms with Crippen LogP contribution in [0.4, 0.5) is 18.9 Å². The Morgan fingerprint density at radius 3 is 2.73 bits per heavy atom. The topological polar surface area (TPSA) is 24.9 Å². The number of hydrogen-bond donors (Lipinski definition) is 1. The van der Waals surface area contributed by atoms with Gasteiger partial charge in [-0.05, 0) is 18.4 Å². The molecule has 0 aliphatic carbocycles. The lowest BCUT2D eigenvalue weighted by atomic mass is 10.3. The molecule has 0 spiro atoms. The average molecular weight is 340 g/mol. The molecule has 114 valence electrons. The van der Waals surface area contributed by atoms with Crippen LogP contribution in [0, 0.1) is 17.5 Å². The van der Waals surface area contributed by atoms with E-state index in [-0.39, 0.29) is 10.2 Å². The number of nitrogens with one attached hydrogen (secondary N) is 1. The van der Waals surface area contributed by atoms with Crippen LogP contribution in [-0.4, -0.2) is 11.2 Å². The fraction of sp³-hybridized carbons (Fsp3) is 0.133. The van der Waals surface area contributed by atoms with Gasteiger partial charge in [-0.15, -0.1) is 23.1 Å². The molecule has 0 bridgehead atoms. The van der Waals surface area contributed by atoms with Crippen molar-refractivity contribution in [3.05, 3.63) is 52.8 Å². The van der Waals surface area contributed by atoms with E-state index in [1.54, 1.807) is 11.8 Å². The van der Waals surface area contributed by atoms with Gasteiger partial charge in [0, 0.05) is 16.6 Å². The van der Waals surface area contributed by atoms with E-state index in [4.69, 9.17) is 0 Å². The van der Waals surface area contributed by atoms with E-state index in [1.165, 1.54) is 0 Å². The average Bonchev–Trinajstić information content (AvgIpc) is 2.96. The Kier molecular flexibility index (Phi) is 4.26. The van der Waals surface area contributed by atoms with Crippen molar-refractivity contribution in [3.63, 3.8) is 0 Å². The third kappa shape index (κ3) is 2.78. The van der Waals surface area contributed by atoms with Crippen LogP contribution in [0.1, 0.15) is 5.01 Å². The quantitative estimate of drug-likeness (QED) is 0.531. The maximum atomic E-state index is 13.7. The molecule has 0 radical (unpaired) electrons. The number of aromatic nitrogens is 1. The van der Waals surface area contributed by atoms with E-state index in [1.807, 2.05) is 30.5 Å². The van der Waals surface area contributed by atoms with E-state index in [9.17, 15) is 13.2 Å². The number of thiazole rings is 1. The third-order valence-electron chi connectivity index (χ3n) is 3.10. The van der Waals surface area contributed by atoms with Crippen molar-refractivity contribution >= 4 is 39.0 Å². The molecule has 7 heteroatoms. The van der Waals surface area contributed by atoms with Crippen LogP contribution >= 0.6 is 23.1 Å². The number of halogens is 3. The standard InChI is InChI=1S/C15H11F3N2S2/c1-21-11-5-3-2-4-10(11)19-7-12-20-14-13(18)8(16)6-9(17)15(14)22-12/h2-6,19H,7H2,1H3. The number of thioether (sulfide) groups is 1. The van der Waals surface area contributed by atoms with Gasteiger partial charge in [-0.1, -0.05) is 12.1 Å². The normalized spacial score (nSPS) is 11.1. The van der Waals surface area contributed by atoms with E-state index >= 15 is 0 Å². The lowest BCUT2D eigenvalue weighted by Crippen LogP contribution is -2.00. The predicted molar refractivity (Wildman–Crippen MR) is 85.0 cm³/mol. The first-order chi connectivity index (χ1) is 10.6. The molecular weight excluding hydrogens is 329 g/mol. The van der Waals surface area contributed by atoms with Gasteiger partial charge in [-0.3, -0.25) is 0 Å². The van der Waals surface area contributed by atoms with Crippen molar-refractivity contribution in [3.8, 4) is 0 Å². The zero-order chi connectivity index (χ0) is 15.7. The van der Waals surface area contributed by atoms with Crippen LogP contribution in [0.3, 0.4) is 0 Å².